The Morgan fingerprint density at radius 3 is 2.71 bits per heavy atom. The molecule has 7 heteroatoms. The van der Waals surface area contributed by atoms with E-state index in [-0.39, 0.29) is 18.5 Å². The van der Waals surface area contributed by atoms with E-state index in [2.05, 4.69) is 15.3 Å². The average Bonchev–Trinajstić information content (AvgIpc) is 3.06. The van der Waals surface area contributed by atoms with Crippen LogP contribution in [0, 0.1) is 0 Å². The van der Waals surface area contributed by atoms with Crippen molar-refractivity contribution in [1.29, 1.82) is 0 Å². The minimum atomic E-state index is 0.0154. The molecule has 0 aliphatic carbocycles. The van der Waals surface area contributed by atoms with E-state index in [1.165, 1.54) is 0 Å². The lowest BCUT2D eigenvalue weighted by Gasteiger charge is -2.32. The molecule has 0 bridgehead atoms. The number of amides is 1. The number of halogens is 2. The monoisotopic (exact) mass is 366 g/mol. The number of carbonyl (C=O) groups excluding carboxylic acids is 1. The molecule has 2 aromatic rings. The maximum Gasteiger partial charge on any atom is 0.241 e. The molecule has 0 unspecified atom stereocenters. The van der Waals surface area contributed by atoms with Crippen molar-refractivity contribution in [2.24, 2.45) is 0 Å². The van der Waals surface area contributed by atoms with Crippen molar-refractivity contribution in [1.82, 2.24) is 20.0 Å². The Kier molecular flexibility index (Phi) is 5.76. The molecule has 2 heterocycles. The van der Waals surface area contributed by atoms with Gasteiger partial charge >= 0.3 is 0 Å². The van der Waals surface area contributed by atoms with Crippen LogP contribution in [-0.4, -0.2) is 39.7 Å². The summed E-state index contributed by atoms with van der Waals surface area (Å²) < 4.78 is 1.63. The smallest absolute Gasteiger partial charge is 0.241 e. The lowest BCUT2D eigenvalue weighted by molar-refractivity contribution is -0.122. The Labute approximate surface area is 151 Å². The molecule has 128 valence electrons. The predicted molar refractivity (Wildman–Crippen MR) is 95.1 cm³/mol. The number of hydrogen-bond donors (Lipinski definition) is 1. The van der Waals surface area contributed by atoms with Crippen LogP contribution in [-0.2, 0) is 17.9 Å². The maximum atomic E-state index is 12.0. The van der Waals surface area contributed by atoms with E-state index < -0.39 is 0 Å². The number of nitrogens with one attached hydrogen (secondary N) is 1. The van der Waals surface area contributed by atoms with Crippen molar-refractivity contribution in [3.63, 3.8) is 0 Å². The van der Waals surface area contributed by atoms with Crippen LogP contribution in [0.15, 0.2) is 36.7 Å². The predicted octanol–water partition coefficient (Wildman–Crippen LogP) is 2.97. The van der Waals surface area contributed by atoms with Gasteiger partial charge in [-0.15, -0.1) is 0 Å². The molecule has 1 aromatic carbocycles. The summed E-state index contributed by atoms with van der Waals surface area (Å²) in [5, 5.41) is 8.32. The summed E-state index contributed by atoms with van der Waals surface area (Å²) in [4.78, 5) is 14.4. The highest BCUT2D eigenvalue weighted by Crippen LogP contribution is 2.24. The van der Waals surface area contributed by atoms with E-state index in [1.807, 2.05) is 24.3 Å². The van der Waals surface area contributed by atoms with Gasteiger partial charge in [-0.05, 0) is 36.6 Å². The summed E-state index contributed by atoms with van der Waals surface area (Å²) in [6.07, 6.45) is 5.37. The maximum absolute atomic E-state index is 12.0. The molecule has 1 aromatic heterocycles. The van der Waals surface area contributed by atoms with Gasteiger partial charge in [0.1, 0.15) is 6.54 Å². The van der Waals surface area contributed by atoms with Gasteiger partial charge in [-0.2, -0.15) is 5.10 Å². The van der Waals surface area contributed by atoms with Gasteiger partial charge in [0.2, 0.25) is 5.91 Å². The Morgan fingerprint density at radius 2 is 2.04 bits per heavy atom. The van der Waals surface area contributed by atoms with E-state index >= 15 is 0 Å². The molecule has 1 aliphatic rings. The lowest BCUT2D eigenvalue weighted by Crippen LogP contribution is -2.45. The van der Waals surface area contributed by atoms with Gasteiger partial charge in [0, 0.05) is 38.1 Å². The fraction of sp³-hybridized carbons (Fsp3) is 0.412. The first kappa shape index (κ1) is 17.3. The molecule has 5 nitrogen and oxygen atoms in total. The molecule has 1 saturated heterocycles. The average molecular weight is 367 g/mol. The summed E-state index contributed by atoms with van der Waals surface area (Å²) in [6, 6.07) is 7.81. The second kappa shape index (κ2) is 8.01. The molecule has 0 atom stereocenters. The Bertz CT molecular complexity index is 682. The number of likely N-dealkylation sites (tertiary alicyclic amines) is 1. The first-order chi connectivity index (χ1) is 11.6. The standard InChI is InChI=1S/C17H20Cl2N4O/c18-15-3-2-13(10-16(15)19)11-22-8-4-14(5-9-22)21-17(24)12-23-7-1-6-20-23/h1-3,6-7,10,14H,4-5,8-9,11-12H2,(H,21,24). The van der Waals surface area contributed by atoms with E-state index in [0.29, 0.717) is 10.0 Å². The topological polar surface area (TPSA) is 50.2 Å². The van der Waals surface area contributed by atoms with Gasteiger partial charge in [0.05, 0.1) is 10.0 Å². The highest BCUT2D eigenvalue weighted by molar-refractivity contribution is 6.42. The third-order valence-corrected chi connectivity index (χ3v) is 4.95. The van der Waals surface area contributed by atoms with Crippen molar-refractivity contribution in [2.75, 3.05) is 13.1 Å². The van der Waals surface area contributed by atoms with Crippen LogP contribution in [0.2, 0.25) is 10.0 Å². The second-order valence-electron chi connectivity index (χ2n) is 6.07. The highest BCUT2D eigenvalue weighted by atomic mass is 35.5. The number of carbonyl (C=O) groups is 1. The SMILES string of the molecule is O=C(Cn1cccn1)NC1CCN(Cc2ccc(Cl)c(Cl)c2)CC1. The largest absolute Gasteiger partial charge is 0.352 e. The number of nitrogens with zero attached hydrogens (tertiary/aromatic N) is 3. The molecule has 24 heavy (non-hydrogen) atoms. The fourth-order valence-corrected chi connectivity index (χ4v) is 3.27. The van der Waals surface area contributed by atoms with Crippen LogP contribution >= 0.6 is 23.2 Å². The van der Waals surface area contributed by atoms with Gasteiger partial charge in [0.25, 0.3) is 0 Å². The van der Waals surface area contributed by atoms with Crippen LogP contribution in [0.5, 0.6) is 0 Å². The van der Waals surface area contributed by atoms with Crippen LogP contribution in [0.3, 0.4) is 0 Å². The summed E-state index contributed by atoms with van der Waals surface area (Å²) in [5.41, 5.74) is 1.16. The summed E-state index contributed by atoms with van der Waals surface area (Å²) in [7, 11) is 0. The highest BCUT2D eigenvalue weighted by Gasteiger charge is 2.21. The van der Waals surface area contributed by atoms with Crippen molar-refractivity contribution < 1.29 is 4.79 Å². The van der Waals surface area contributed by atoms with E-state index in [9.17, 15) is 4.79 Å². The van der Waals surface area contributed by atoms with Gasteiger partial charge in [-0.3, -0.25) is 14.4 Å². The fourth-order valence-electron chi connectivity index (χ4n) is 2.95. The van der Waals surface area contributed by atoms with Gasteiger partial charge in [0.15, 0.2) is 0 Å². The minimum absolute atomic E-state index is 0.0154. The Balaban J connectivity index is 1.43. The number of benzene rings is 1. The van der Waals surface area contributed by atoms with Crippen molar-refractivity contribution in [3.05, 3.63) is 52.3 Å². The first-order valence-corrected chi connectivity index (χ1v) is 8.79. The number of rotatable bonds is 5. The zero-order valence-electron chi connectivity index (χ0n) is 13.3. The van der Waals surface area contributed by atoms with Crippen LogP contribution in [0.25, 0.3) is 0 Å². The number of piperidine rings is 1. The third kappa shape index (κ3) is 4.72. The molecule has 0 spiro atoms. The van der Waals surface area contributed by atoms with Gasteiger partial charge < -0.3 is 5.32 Å². The molecular weight excluding hydrogens is 347 g/mol. The molecule has 3 rings (SSSR count). The summed E-state index contributed by atoms with van der Waals surface area (Å²) in [5.74, 6) is 0.0154. The molecule has 0 saturated carbocycles. The molecule has 1 fully saturated rings. The quantitative estimate of drug-likeness (QED) is 0.884. The molecule has 0 radical (unpaired) electrons. The van der Waals surface area contributed by atoms with Gasteiger partial charge in [-0.25, -0.2) is 0 Å². The second-order valence-corrected chi connectivity index (χ2v) is 6.88. The van der Waals surface area contributed by atoms with E-state index in [0.717, 1.165) is 38.0 Å². The molecular formula is C17H20Cl2N4O. The number of hydrogen-bond acceptors (Lipinski definition) is 3. The number of aromatic nitrogens is 2. The van der Waals surface area contributed by atoms with Crippen LogP contribution in [0.4, 0.5) is 0 Å². The van der Waals surface area contributed by atoms with Crippen LogP contribution in [0.1, 0.15) is 18.4 Å². The third-order valence-electron chi connectivity index (χ3n) is 4.21. The Hall–Kier alpha value is -1.56. The lowest BCUT2D eigenvalue weighted by atomic mass is 10.0. The van der Waals surface area contributed by atoms with Crippen molar-refractivity contribution in [3.8, 4) is 0 Å². The molecule has 1 aliphatic heterocycles. The van der Waals surface area contributed by atoms with E-state index in [1.54, 1.807) is 17.1 Å². The minimum Gasteiger partial charge on any atom is -0.352 e. The van der Waals surface area contributed by atoms with Crippen LogP contribution < -0.4 is 5.32 Å². The van der Waals surface area contributed by atoms with Crippen molar-refractivity contribution >= 4 is 29.1 Å². The zero-order valence-corrected chi connectivity index (χ0v) is 14.8. The molecule has 1 N–H and O–H groups in total. The molecule has 1 amide bonds. The first-order valence-electron chi connectivity index (χ1n) is 8.03. The van der Waals surface area contributed by atoms with Crippen molar-refractivity contribution in [2.45, 2.75) is 32.0 Å². The normalized spacial score (nSPS) is 16.2. The zero-order chi connectivity index (χ0) is 16.9. The van der Waals surface area contributed by atoms with E-state index in [4.69, 9.17) is 23.2 Å². The Morgan fingerprint density at radius 1 is 1.25 bits per heavy atom. The van der Waals surface area contributed by atoms with Gasteiger partial charge in [-0.1, -0.05) is 29.3 Å². The summed E-state index contributed by atoms with van der Waals surface area (Å²) in [6.45, 7) is 3.03. The summed E-state index contributed by atoms with van der Waals surface area (Å²) >= 11 is 12.0.